The number of halogens is 1. The maximum atomic E-state index is 12.8. The number of amides is 1. The fourth-order valence-electron chi connectivity index (χ4n) is 2.64. The third-order valence-electron chi connectivity index (χ3n) is 4.23. The first-order valence-corrected chi connectivity index (χ1v) is 10.5. The van der Waals surface area contributed by atoms with Gasteiger partial charge in [-0.2, -0.15) is 0 Å². The first-order valence-electron chi connectivity index (χ1n) is 8.63. The summed E-state index contributed by atoms with van der Waals surface area (Å²) in [6, 6.07) is 17.7. The van der Waals surface area contributed by atoms with Crippen LogP contribution in [0.15, 0.2) is 71.6 Å². The van der Waals surface area contributed by atoms with Crippen molar-refractivity contribution in [2.45, 2.75) is 11.8 Å². The molecule has 150 valence electrons. The van der Waals surface area contributed by atoms with Crippen molar-refractivity contribution >= 4 is 38.9 Å². The molecule has 0 bridgehead atoms. The SMILES string of the molecule is COc1ccc(S(=O)(=O)Nc2ccccc2C)cc1NC(=O)c1ccc(Cl)cc1. The van der Waals surface area contributed by atoms with Crippen LogP contribution in [0.2, 0.25) is 5.02 Å². The van der Waals surface area contributed by atoms with Gasteiger partial charge < -0.3 is 10.1 Å². The van der Waals surface area contributed by atoms with E-state index in [1.807, 2.05) is 19.1 Å². The average Bonchev–Trinajstić information content (AvgIpc) is 2.70. The number of para-hydroxylation sites is 1. The first-order chi connectivity index (χ1) is 13.8. The molecule has 0 aliphatic heterocycles. The summed E-state index contributed by atoms with van der Waals surface area (Å²) in [6.45, 7) is 1.81. The molecule has 6 nitrogen and oxygen atoms in total. The van der Waals surface area contributed by atoms with Crippen LogP contribution in [0.5, 0.6) is 5.75 Å². The molecule has 0 atom stereocenters. The zero-order valence-electron chi connectivity index (χ0n) is 15.8. The summed E-state index contributed by atoms with van der Waals surface area (Å²) in [4.78, 5) is 12.5. The molecule has 8 heteroatoms. The Balaban J connectivity index is 1.91. The van der Waals surface area contributed by atoms with E-state index in [0.29, 0.717) is 22.0 Å². The van der Waals surface area contributed by atoms with Crippen molar-refractivity contribution < 1.29 is 17.9 Å². The molecule has 0 aliphatic rings. The second-order valence-electron chi connectivity index (χ2n) is 6.24. The van der Waals surface area contributed by atoms with Gasteiger partial charge in [0.15, 0.2) is 0 Å². The Morgan fingerprint density at radius 1 is 0.966 bits per heavy atom. The topological polar surface area (TPSA) is 84.5 Å². The fraction of sp³-hybridized carbons (Fsp3) is 0.0952. The van der Waals surface area contributed by atoms with Crippen LogP contribution in [-0.2, 0) is 10.0 Å². The van der Waals surface area contributed by atoms with Gasteiger partial charge in [-0.05, 0) is 61.0 Å². The van der Waals surface area contributed by atoms with E-state index < -0.39 is 15.9 Å². The zero-order chi connectivity index (χ0) is 21.0. The second-order valence-corrected chi connectivity index (χ2v) is 8.36. The average molecular weight is 431 g/mol. The van der Waals surface area contributed by atoms with Crippen LogP contribution in [0, 0.1) is 6.92 Å². The lowest BCUT2D eigenvalue weighted by Crippen LogP contribution is -2.16. The van der Waals surface area contributed by atoms with Crippen LogP contribution < -0.4 is 14.8 Å². The van der Waals surface area contributed by atoms with Gasteiger partial charge in [-0.15, -0.1) is 0 Å². The zero-order valence-corrected chi connectivity index (χ0v) is 17.3. The Labute approximate surface area is 174 Å². The Kier molecular flexibility index (Phi) is 6.10. The molecule has 0 aromatic heterocycles. The summed E-state index contributed by atoms with van der Waals surface area (Å²) in [5.41, 5.74) is 1.89. The van der Waals surface area contributed by atoms with Crippen LogP contribution in [-0.4, -0.2) is 21.4 Å². The molecule has 0 saturated carbocycles. The highest BCUT2D eigenvalue weighted by molar-refractivity contribution is 7.92. The Bertz CT molecular complexity index is 1150. The predicted octanol–water partition coefficient (Wildman–Crippen LogP) is 4.71. The molecule has 0 aliphatic carbocycles. The van der Waals surface area contributed by atoms with E-state index >= 15 is 0 Å². The highest BCUT2D eigenvalue weighted by atomic mass is 35.5. The van der Waals surface area contributed by atoms with Gasteiger partial charge in [-0.1, -0.05) is 29.8 Å². The minimum Gasteiger partial charge on any atom is -0.495 e. The van der Waals surface area contributed by atoms with Gasteiger partial charge in [-0.3, -0.25) is 9.52 Å². The predicted molar refractivity (Wildman–Crippen MR) is 114 cm³/mol. The number of hydrogen-bond donors (Lipinski definition) is 2. The number of benzene rings is 3. The molecule has 0 fully saturated rings. The number of carbonyl (C=O) groups excluding carboxylic acids is 1. The van der Waals surface area contributed by atoms with Crippen LogP contribution in [0.25, 0.3) is 0 Å². The molecule has 0 spiro atoms. The highest BCUT2D eigenvalue weighted by Crippen LogP contribution is 2.29. The molecule has 3 aromatic carbocycles. The summed E-state index contributed by atoms with van der Waals surface area (Å²) in [6.07, 6.45) is 0. The van der Waals surface area contributed by atoms with Crippen molar-refractivity contribution in [3.63, 3.8) is 0 Å². The third-order valence-corrected chi connectivity index (χ3v) is 5.84. The van der Waals surface area contributed by atoms with E-state index in [0.717, 1.165) is 5.56 Å². The maximum absolute atomic E-state index is 12.8. The number of anilines is 2. The summed E-state index contributed by atoms with van der Waals surface area (Å²) < 4.78 is 33.5. The Morgan fingerprint density at radius 2 is 1.66 bits per heavy atom. The number of carbonyl (C=O) groups is 1. The molecule has 0 unspecified atom stereocenters. The smallest absolute Gasteiger partial charge is 0.261 e. The van der Waals surface area contributed by atoms with Crippen molar-refractivity contribution in [2.75, 3.05) is 17.1 Å². The van der Waals surface area contributed by atoms with Crippen molar-refractivity contribution in [3.05, 3.63) is 82.9 Å². The van der Waals surface area contributed by atoms with E-state index in [4.69, 9.17) is 16.3 Å². The van der Waals surface area contributed by atoms with Gasteiger partial charge in [0.2, 0.25) is 0 Å². The number of ether oxygens (including phenoxy) is 1. The molecule has 3 aromatic rings. The van der Waals surface area contributed by atoms with E-state index in [-0.39, 0.29) is 10.6 Å². The number of aryl methyl sites for hydroxylation is 1. The summed E-state index contributed by atoms with van der Waals surface area (Å²) in [7, 11) is -2.43. The van der Waals surface area contributed by atoms with E-state index in [1.54, 1.807) is 36.4 Å². The van der Waals surface area contributed by atoms with Crippen LogP contribution >= 0.6 is 11.6 Å². The van der Waals surface area contributed by atoms with Crippen LogP contribution in [0.4, 0.5) is 11.4 Å². The lowest BCUT2D eigenvalue weighted by molar-refractivity contribution is 0.102. The molecule has 3 rings (SSSR count). The van der Waals surface area contributed by atoms with E-state index in [9.17, 15) is 13.2 Å². The van der Waals surface area contributed by atoms with Crippen molar-refractivity contribution in [1.29, 1.82) is 0 Å². The number of sulfonamides is 1. The molecular weight excluding hydrogens is 412 g/mol. The quantitative estimate of drug-likeness (QED) is 0.593. The largest absolute Gasteiger partial charge is 0.495 e. The fourth-order valence-corrected chi connectivity index (χ4v) is 3.92. The summed E-state index contributed by atoms with van der Waals surface area (Å²) in [5.74, 6) is -0.0801. The lowest BCUT2D eigenvalue weighted by Gasteiger charge is -2.14. The summed E-state index contributed by atoms with van der Waals surface area (Å²) >= 11 is 5.85. The normalized spacial score (nSPS) is 11.0. The first kappa shape index (κ1) is 20.7. The number of methoxy groups -OCH3 is 1. The van der Waals surface area contributed by atoms with Crippen molar-refractivity contribution in [2.24, 2.45) is 0 Å². The molecule has 0 heterocycles. The van der Waals surface area contributed by atoms with Gasteiger partial charge in [0.25, 0.3) is 15.9 Å². The molecule has 1 amide bonds. The standard InChI is InChI=1S/C21H19ClN2O4S/c1-14-5-3-4-6-18(14)24-29(26,27)17-11-12-20(28-2)19(13-17)23-21(25)15-7-9-16(22)10-8-15/h3-13,24H,1-2H3,(H,23,25). The third kappa shape index (κ3) is 4.88. The maximum Gasteiger partial charge on any atom is 0.261 e. The Hall–Kier alpha value is -3.03. The van der Waals surface area contributed by atoms with E-state index in [1.165, 1.54) is 25.3 Å². The Morgan fingerprint density at radius 3 is 2.31 bits per heavy atom. The van der Waals surface area contributed by atoms with Gasteiger partial charge in [0.05, 0.1) is 23.4 Å². The molecule has 29 heavy (non-hydrogen) atoms. The molecular formula is C21H19ClN2O4S. The summed E-state index contributed by atoms with van der Waals surface area (Å²) in [5, 5.41) is 3.19. The minimum absolute atomic E-state index is 0.00652. The molecule has 2 N–H and O–H groups in total. The van der Waals surface area contributed by atoms with Gasteiger partial charge in [-0.25, -0.2) is 8.42 Å². The second kappa shape index (κ2) is 8.55. The number of hydrogen-bond acceptors (Lipinski definition) is 4. The van der Waals surface area contributed by atoms with Crippen LogP contribution in [0.1, 0.15) is 15.9 Å². The lowest BCUT2D eigenvalue weighted by atomic mass is 10.2. The molecule has 0 saturated heterocycles. The highest BCUT2D eigenvalue weighted by Gasteiger charge is 2.19. The van der Waals surface area contributed by atoms with Crippen molar-refractivity contribution in [3.8, 4) is 5.75 Å². The molecule has 0 radical (unpaired) electrons. The van der Waals surface area contributed by atoms with Gasteiger partial charge in [0.1, 0.15) is 5.75 Å². The van der Waals surface area contributed by atoms with Gasteiger partial charge in [0, 0.05) is 10.6 Å². The van der Waals surface area contributed by atoms with Crippen molar-refractivity contribution in [1.82, 2.24) is 0 Å². The van der Waals surface area contributed by atoms with E-state index in [2.05, 4.69) is 10.0 Å². The van der Waals surface area contributed by atoms with Crippen LogP contribution in [0.3, 0.4) is 0 Å². The minimum atomic E-state index is -3.86. The number of nitrogens with one attached hydrogen (secondary N) is 2. The monoisotopic (exact) mass is 430 g/mol. The number of rotatable bonds is 6. The van der Waals surface area contributed by atoms with Gasteiger partial charge >= 0.3 is 0 Å².